The summed E-state index contributed by atoms with van der Waals surface area (Å²) in [5, 5.41) is 11.9. The Hall–Kier alpha value is -1.94. The quantitative estimate of drug-likeness (QED) is 0.813. The third-order valence-corrected chi connectivity index (χ3v) is 2.18. The molecule has 0 aliphatic heterocycles. The first-order valence-corrected chi connectivity index (χ1v) is 5.08. The van der Waals surface area contributed by atoms with Crippen LogP contribution in [-0.4, -0.2) is 15.1 Å². The summed E-state index contributed by atoms with van der Waals surface area (Å²) < 4.78 is 0. The molecule has 0 amide bonds. The van der Waals surface area contributed by atoms with E-state index in [0.717, 1.165) is 0 Å². The second-order valence-electron chi connectivity index (χ2n) is 3.41. The number of nitrogens with one attached hydrogen (secondary N) is 1. The van der Waals surface area contributed by atoms with E-state index in [4.69, 9.17) is 5.11 Å². The van der Waals surface area contributed by atoms with Gasteiger partial charge < -0.3 is 10.4 Å². The largest absolute Gasteiger partial charge is 0.392 e. The number of aliphatic hydroxyl groups excluding tert-OH is 1. The van der Waals surface area contributed by atoms with Crippen molar-refractivity contribution in [1.29, 1.82) is 0 Å². The fourth-order valence-electron chi connectivity index (χ4n) is 1.30. The monoisotopic (exact) mass is 215 g/mol. The first-order chi connectivity index (χ1) is 7.88. The zero-order valence-electron chi connectivity index (χ0n) is 8.80. The molecular weight excluding hydrogens is 202 g/mol. The molecule has 0 unspecified atom stereocenters. The highest BCUT2D eigenvalue weighted by atomic mass is 16.3. The number of hydrogen-bond donors (Lipinski definition) is 2. The lowest BCUT2D eigenvalue weighted by molar-refractivity contribution is 0.281. The molecule has 1 heterocycles. The Morgan fingerprint density at radius 3 is 2.31 bits per heavy atom. The number of rotatable bonds is 4. The van der Waals surface area contributed by atoms with Gasteiger partial charge in [0.05, 0.1) is 6.61 Å². The molecule has 0 aliphatic rings. The maximum atomic E-state index is 8.84. The summed E-state index contributed by atoms with van der Waals surface area (Å²) in [5.74, 6) is 0.570. The van der Waals surface area contributed by atoms with Crippen LogP contribution in [0.4, 0.5) is 5.95 Å². The molecule has 2 rings (SSSR count). The van der Waals surface area contributed by atoms with E-state index < -0.39 is 0 Å². The predicted molar refractivity (Wildman–Crippen MR) is 61.7 cm³/mol. The fraction of sp³-hybridized carbons (Fsp3) is 0.167. The van der Waals surface area contributed by atoms with Crippen molar-refractivity contribution in [1.82, 2.24) is 9.97 Å². The van der Waals surface area contributed by atoms with Crippen LogP contribution in [0.3, 0.4) is 0 Å². The van der Waals surface area contributed by atoms with Crippen LogP contribution < -0.4 is 5.32 Å². The summed E-state index contributed by atoms with van der Waals surface area (Å²) in [7, 11) is 0. The molecule has 4 heteroatoms. The van der Waals surface area contributed by atoms with Crippen LogP contribution in [0, 0.1) is 0 Å². The molecule has 1 aromatic heterocycles. The molecule has 0 bridgehead atoms. The van der Waals surface area contributed by atoms with Gasteiger partial charge in [-0.25, -0.2) is 9.97 Å². The van der Waals surface area contributed by atoms with Crippen LogP contribution in [0.15, 0.2) is 42.7 Å². The third kappa shape index (κ3) is 2.77. The van der Waals surface area contributed by atoms with Crippen molar-refractivity contribution in [3.8, 4) is 0 Å². The number of aliphatic hydroxyl groups is 1. The van der Waals surface area contributed by atoms with Crippen LogP contribution >= 0.6 is 0 Å². The number of hydrogen-bond acceptors (Lipinski definition) is 4. The molecule has 0 fully saturated rings. The second-order valence-corrected chi connectivity index (χ2v) is 3.41. The molecule has 4 nitrogen and oxygen atoms in total. The number of benzene rings is 1. The first-order valence-electron chi connectivity index (χ1n) is 5.08. The highest BCUT2D eigenvalue weighted by Crippen LogP contribution is 2.04. The van der Waals surface area contributed by atoms with Gasteiger partial charge in [0.1, 0.15) is 0 Å². The average Bonchev–Trinajstić information content (AvgIpc) is 2.38. The number of anilines is 1. The molecule has 0 radical (unpaired) electrons. The van der Waals surface area contributed by atoms with Gasteiger partial charge in [0.2, 0.25) is 5.95 Å². The molecule has 2 N–H and O–H groups in total. The Morgan fingerprint density at radius 1 is 1.00 bits per heavy atom. The van der Waals surface area contributed by atoms with Gasteiger partial charge in [0.25, 0.3) is 0 Å². The summed E-state index contributed by atoms with van der Waals surface area (Å²) >= 11 is 0. The van der Waals surface area contributed by atoms with Gasteiger partial charge in [-0.3, -0.25) is 0 Å². The minimum absolute atomic E-state index is 0.0288. The van der Waals surface area contributed by atoms with E-state index in [1.165, 1.54) is 5.56 Å². The summed E-state index contributed by atoms with van der Waals surface area (Å²) in [6.45, 7) is 0.665. The Balaban J connectivity index is 1.94. The van der Waals surface area contributed by atoms with Crippen molar-refractivity contribution < 1.29 is 5.11 Å². The molecule has 0 saturated carbocycles. The first kappa shape index (κ1) is 10.6. The lowest BCUT2D eigenvalue weighted by atomic mass is 10.2. The van der Waals surface area contributed by atoms with Crippen molar-refractivity contribution in [2.45, 2.75) is 13.2 Å². The molecule has 82 valence electrons. The fourth-order valence-corrected chi connectivity index (χ4v) is 1.30. The Morgan fingerprint density at radius 2 is 1.69 bits per heavy atom. The molecule has 0 saturated heterocycles. The Labute approximate surface area is 94.0 Å². The lowest BCUT2D eigenvalue weighted by Gasteiger charge is -2.04. The van der Waals surface area contributed by atoms with E-state index >= 15 is 0 Å². The van der Waals surface area contributed by atoms with Crippen LogP contribution in [0.5, 0.6) is 0 Å². The van der Waals surface area contributed by atoms with E-state index in [2.05, 4.69) is 15.3 Å². The average molecular weight is 215 g/mol. The molecule has 1 aromatic carbocycles. The van der Waals surface area contributed by atoms with Gasteiger partial charge in [-0.05, 0) is 5.56 Å². The molecule has 16 heavy (non-hydrogen) atoms. The zero-order valence-corrected chi connectivity index (χ0v) is 8.80. The van der Waals surface area contributed by atoms with Gasteiger partial charge in [0.15, 0.2) is 0 Å². The normalized spacial score (nSPS) is 10.1. The number of aromatic nitrogens is 2. The second kappa shape index (κ2) is 5.23. The van der Waals surface area contributed by atoms with Crippen molar-refractivity contribution in [3.63, 3.8) is 0 Å². The van der Waals surface area contributed by atoms with Gasteiger partial charge >= 0.3 is 0 Å². The van der Waals surface area contributed by atoms with Crippen LogP contribution in [0.2, 0.25) is 0 Å². The third-order valence-electron chi connectivity index (χ3n) is 2.18. The van der Waals surface area contributed by atoms with Crippen molar-refractivity contribution in [3.05, 3.63) is 53.9 Å². The minimum Gasteiger partial charge on any atom is -0.392 e. The molecule has 0 atom stereocenters. The van der Waals surface area contributed by atoms with Gasteiger partial charge in [0, 0.05) is 24.5 Å². The van der Waals surface area contributed by atoms with E-state index in [-0.39, 0.29) is 6.61 Å². The highest BCUT2D eigenvalue weighted by Gasteiger charge is 1.96. The van der Waals surface area contributed by atoms with Crippen molar-refractivity contribution in [2.75, 3.05) is 5.32 Å². The lowest BCUT2D eigenvalue weighted by Crippen LogP contribution is -2.03. The van der Waals surface area contributed by atoms with Crippen LogP contribution in [0.1, 0.15) is 11.1 Å². The molecule has 0 spiro atoms. The molecule has 2 aromatic rings. The van der Waals surface area contributed by atoms with Gasteiger partial charge in [-0.15, -0.1) is 0 Å². The Bertz CT molecular complexity index is 428. The van der Waals surface area contributed by atoms with Crippen molar-refractivity contribution >= 4 is 5.95 Å². The minimum atomic E-state index is -0.0288. The van der Waals surface area contributed by atoms with E-state index in [0.29, 0.717) is 18.1 Å². The van der Waals surface area contributed by atoms with E-state index in [1.807, 2.05) is 30.3 Å². The topological polar surface area (TPSA) is 58.0 Å². The molecule has 0 aliphatic carbocycles. The van der Waals surface area contributed by atoms with Crippen LogP contribution in [0.25, 0.3) is 0 Å². The highest BCUT2D eigenvalue weighted by molar-refractivity contribution is 5.27. The zero-order chi connectivity index (χ0) is 11.2. The maximum absolute atomic E-state index is 8.84. The standard InChI is InChI=1S/C12H13N3O/c16-9-11-7-14-12(15-8-11)13-6-10-4-2-1-3-5-10/h1-5,7-8,16H,6,9H2,(H,13,14,15). The summed E-state index contributed by atoms with van der Waals surface area (Å²) in [6, 6.07) is 10.0. The number of nitrogens with zero attached hydrogens (tertiary/aromatic N) is 2. The van der Waals surface area contributed by atoms with Crippen molar-refractivity contribution in [2.24, 2.45) is 0 Å². The predicted octanol–water partition coefficient (Wildman–Crippen LogP) is 1.58. The van der Waals surface area contributed by atoms with E-state index in [1.54, 1.807) is 12.4 Å². The summed E-state index contributed by atoms with van der Waals surface area (Å²) in [4.78, 5) is 8.16. The SMILES string of the molecule is OCc1cnc(NCc2ccccc2)nc1. The van der Waals surface area contributed by atoms with Crippen LogP contribution in [-0.2, 0) is 13.2 Å². The smallest absolute Gasteiger partial charge is 0.222 e. The summed E-state index contributed by atoms with van der Waals surface area (Å²) in [6.07, 6.45) is 3.22. The van der Waals surface area contributed by atoms with Gasteiger partial charge in [-0.1, -0.05) is 30.3 Å². The van der Waals surface area contributed by atoms with Gasteiger partial charge in [-0.2, -0.15) is 0 Å². The Kier molecular flexibility index (Phi) is 3.46. The molecular formula is C12H13N3O. The maximum Gasteiger partial charge on any atom is 0.222 e. The summed E-state index contributed by atoms with van der Waals surface area (Å²) in [5.41, 5.74) is 1.89. The van der Waals surface area contributed by atoms with E-state index in [9.17, 15) is 0 Å².